The summed E-state index contributed by atoms with van der Waals surface area (Å²) in [4.78, 5) is 33.5. The highest BCUT2D eigenvalue weighted by molar-refractivity contribution is 5.96. The summed E-state index contributed by atoms with van der Waals surface area (Å²) < 4.78 is 13.7. The third kappa shape index (κ3) is 9.26. The Kier molecular flexibility index (Phi) is 7.81. The number of nitrogens with zero attached hydrogens (tertiary/aromatic N) is 1. The number of ketones is 1. The van der Waals surface area contributed by atoms with Crippen LogP contribution >= 0.6 is 0 Å². The molecule has 0 spiro atoms. The number of hydrogen-bond acceptors (Lipinski definition) is 6. The number of methoxy groups -OCH3 is 2. The van der Waals surface area contributed by atoms with E-state index in [1.54, 1.807) is 20.8 Å². The van der Waals surface area contributed by atoms with E-state index in [9.17, 15) is 14.4 Å². The molecule has 0 aromatic rings. The molecular weight excluding hydrogens is 278 g/mol. The molecule has 1 aliphatic heterocycles. The van der Waals surface area contributed by atoms with Crippen LogP contribution in [0.1, 0.15) is 20.8 Å². The van der Waals surface area contributed by atoms with Crippen molar-refractivity contribution in [3.05, 3.63) is 24.6 Å². The smallest absolute Gasteiger partial charge is 0.414 e. The highest BCUT2D eigenvalue weighted by Crippen LogP contribution is 2.11. The van der Waals surface area contributed by atoms with Gasteiger partial charge in [0.2, 0.25) is 0 Å². The maximum Gasteiger partial charge on any atom is 0.414 e. The molecule has 0 atom stereocenters. The van der Waals surface area contributed by atoms with Gasteiger partial charge in [0.05, 0.1) is 33.1 Å². The van der Waals surface area contributed by atoms with Crippen LogP contribution in [0.2, 0.25) is 0 Å². The summed E-state index contributed by atoms with van der Waals surface area (Å²) in [7, 11) is 2.77. The lowest BCUT2D eigenvalue weighted by atomic mass is 10.2. The Bertz CT molecular complexity index is 433. The van der Waals surface area contributed by atoms with E-state index in [0.717, 1.165) is 0 Å². The SMILES string of the molecule is CC(C)(C)OC(=O)N1C=CC(=O)C1.CO/C=C/C(=O)OC. The highest BCUT2D eigenvalue weighted by atomic mass is 16.6. The van der Waals surface area contributed by atoms with Crippen LogP contribution in [-0.2, 0) is 23.8 Å². The van der Waals surface area contributed by atoms with E-state index in [4.69, 9.17) is 4.74 Å². The van der Waals surface area contributed by atoms with Crippen LogP contribution in [0.3, 0.4) is 0 Å². The molecule has 0 N–H and O–H groups in total. The molecule has 21 heavy (non-hydrogen) atoms. The lowest BCUT2D eigenvalue weighted by Gasteiger charge is -2.22. The fraction of sp³-hybridized carbons (Fsp3) is 0.500. The van der Waals surface area contributed by atoms with E-state index >= 15 is 0 Å². The molecule has 1 heterocycles. The van der Waals surface area contributed by atoms with Gasteiger partial charge < -0.3 is 14.2 Å². The summed E-state index contributed by atoms with van der Waals surface area (Å²) in [6.07, 6.45) is 4.78. The van der Waals surface area contributed by atoms with Crippen molar-refractivity contribution < 1.29 is 28.6 Å². The summed E-state index contributed by atoms with van der Waals surface area (Å²) in [5.74, 6) is -0.488. The molecule has 7 nitrogen and oxygen atoms in total. The van der Waals surface area contributed by atoms with Crippen molar-refractivity contribution in [1.29, 1.82) is 0 Å². The fourth-order valence-corrected chi connectivity index (χ4v) is 1.08. The van der Waals surface area contributed by atoms with Gasteiger partial charge in [-0.25, -0.2) is 9.59 Å². The summed E-state index contributed by atoms with van der Waals surface area (Å²) in [6.45, 7) is 5.44. The normalized spacial score (nSPS) is 13.8. The number of ether oxygens (including phenoxy) is 3. The van der Waals surface area contributed by atoms with Crippen molar-refractivity contribution in [2.24, 2.45) is 0 Å². The second-order valence-electron chi connectivity index (χ2n) is 4.95. The first-order valence-electron chi connectivity index (χ1n) is 6.17. The Morgan fingerprint density at radius 3 is 2.29 bits per heavy atom. The zero-order valence-corrected chi connectivity index (χ0v) is 12.9. The van der Waals surface area contributed by atoms with Crippen LogP contribution in [0.4, 0.5) is 4.79 Å². The first kappa shape index (κ1) is 18.7. The van der Waals surface area contributed by atoms with E-state index in [0.29, 0.717) is 0 Å². The number of amides is 1. The van der Waals surface area contributed by atoms with Crippen molar-refractivity contribution >= 4 is 17.8 Å². The van der Waals surface area contributed by atoms with Gasteiger partial charge in [0.25, 0.3) is 0 Å². The molecular formula is C14H21NO6. The molecule has 0 bridgehead atoms. The van der Waals surface area contributed by atoms with Crippen LogP contribution in [-0.4, -0.2) is 49.1 Å². The van der Waals surface area contributed by atoms with Gasteiger partial charge in [-0.3, -0.25) is 9.69 Å². The van der Waals surface area contributed by atoms with Gasteiger partial charge in [-0.2, -0.15) is 0 Å². The first-order chi connectivity index (χ1) is 9.69. The second kappa shape index (κ2) is 8.78. The zero-order valence-electron chi connectivity index (χ0n) is 12.9. The lowest BCUT2D eigenvalue weighted by molar-refractivity contribution is -0.135. The van der Waals surface area contributed by atoms with Crippen LogP contribution in [0.25, 0.3) is 0 Å². The van der Waals surface area contributed by atoms with Gasteiger partial charge in [-0.05, 0) is 26.8 Å². The summed E-state index contributed by atoms with van der Waals surface area (Å²) in [5.41, 5.74) is -0.517. The maximum absolute atomic E-state index is 11.3. The van der Waals surface area contributed by atoms with Gasteiger partial charge >= 0.3 is 12.1 Å². The van der Waals surface area contributed by atoms with Gasteiger partial charge in [-0.1, -0.05) is 0 Å². The highest BCUT2D eigenvalue weighted by Gasteiger charge is 2.24. The molecule has 0 saturated heterocycles. The monoisotopic (exact) mass is 299 g/mol. The molecule has 0 unspecified atom stereocenters. The van der Waals surface area contributed by atoms with E-state index in [2.05, 4.69) is 9.47 Å². The molecule has 1 aliphatic rings. The van der Waals surface area contributed by atoms with Crippen LogP contribution in [0, 0.1) is 0 Å². The largest absolute Gasteiger partial charge is 0.504 e. The van der Waals surface area contributed by atoms with Crippen LogP contribution in [0.5, 0.6) is 0 Å². The topological polar surface area (TPSA) is 82.1 Å². The molecule has 0 aromatic heterocycles. The maximum atomic E-state index is 11.3. The first-order valence-corrected chi connectivity index (χ1v) is 6.17. The van der Waals surface area contributed by atoms with E-state index in [1.807, 2.05) is 0 Å². The predicted molar refractivity (Wildman–Crippen MR) is 75.3 cm³/mol. The molecule has 118 valence electrons. The van der Waals surface area contributed by atoms with Crippen LogP contribution < -0.4 is 0 Å². The number of carbonyl (C=O) groups excluding carboxylic acids is 3. The molecule has 0 aromatic carbocycles. The van der Waals surface area contributed by atoms with Crippen molar-refractivity contribution in [2.45, 2.75) is 26.4 Å². The predicted octanol–water partition coefficient (Wildman–Crippen LogP) is 1.64. The Morgan fingerprint density at radius 2 is 1.90 bits per heavy atom. The van der Waals surface area contributed by atoms with E-state index in [-0.39, 0.29) is 12.3 Å². The summed E-state index contributed by atoms with van der Waals surface area (Å²) in [5, 5.41) is 0. The molecule has 0 saturated carbocycles. The van der Waals surface area contributed by atoms with Crippen molar-refractivity contribution in [3.8, 4) is 0 Å². The zero-order chi connectivity index (χ0) is 16.5. The molecule has 1 rings (SSSR count). The van der Waals surface area contributed by atoms with Crippen LogP contribution in [0.15, 0.2) is 24.6 Å². The lowest BCUT2D eigenvalue weighted by Crippen LogP contribution is -2.33. The molecule has 0 radical (unpaired) electrons. The van der Waals surface area contributed by atoms with Crippen molar-refractivity contribution in [3.63, 3.8) is 0 Å². The average molecular weight is 299 g/mol. The number of rotatable bonds is 2. The number of esters is 1. The fourth-order valence-electron chi connectivity index (χ4n) is 1.08. The van der Waals surface area contributed by atoms with Gasteiger partial charge in [0.15, 0.2) is 5.78 Å². The number of hydrogen-bond donors (Lipinski definition) is 0. The quantitative estimate of drug-likeness (QED) is 0.438. The minimum Gasteiger partial charge on any atom is -0.504 e. The minimum atomic E-state index is -0.517. The minimum absolute atomic E-state index is 0.0779. The standard InChI is InChI=1S/C9H13NO3.C5H8O3/c1-9(2,3)13-8(12)10-5-4-7(11)6-10;1-7-4-3-5(6)8-2/h4-5H,6H2,1-3H3;3-4H,1-2H3/b;4-3+. The average Bonchev–Trinajstić information content (AvgIpc) is 2.81. The summed E-state index contributed by atoms with van der Waals surface area (Å²) >= 11 is 0. The Balaban J connectivity index is 0.000000433. The summed E-state index contributed by atoms with van der Waals surface area (Å²) in [6, 6.07) is 0. The molecule has 0 aliphatic carbocycles. The van der Waals surface area contributed by atoms with Gasteiger partial charge in [0.1, 0.15) is 5.60 Å². The Hall–Kier alpha value is -2.31. The van der Waals surface area contributed by atoms with Crippen molar-refractivity contribution in [2.75, 3.05) is 20.8 Å². The molecule has 1 amide bonds. The molecule has 0 fully saturated rings. The van der Waals surface area contributed by atoms with Crippen molar-refractivity contribution in [1.82, 2.24) is 4.90 Å². The van der Waals surface area contributed by atoms with Gasteiger partial charge in [0, 0.05) is 6.20 Å². The number of carbonyl (C=O) groups is 3. The Labute approximate surface area is 124 Å². The van der Waals surface area contributed by atoms with Gasteiger partial charge in [-0.15, -0.1) is 0 Å². The Morgan fingerprint density at radius 1 is 1.29 bits per heavy atom. The third-order valence-electron chi connectivity index (χ3n) is 1.94. The van der Waals surface area contributed by atoms with E-state index < -0.39 is 17.7 Å². The second-order valence-corrected chi connectivity index (χ2v) is 4.95. The third-order valence-corrected chi connectivity index (χ3v) is 1.94. The van der Waals surface area contributed by atoms with E-state index in [1.165, 1.54) is 43.7 Å². The molecule has 7 heteroatoms.